The molecule has 0 spiro atoms. The highest BCUT2D eigenvalue weighted by molar-refractivity contribution is 5.34. The Morgan fingerprint density at radius 1 is 1.46 bits per heavy atom. The molecule has 0 aliphatic heterocycles. The van der Waals surface area contributed by atoms with E-state index in [1.54, 1.807) is 19.5 Å². The first-order valence-corrected chi connectivity index (χ1v) is 4.07. The largest absolute Gasteiger partial charge is 0.495 e. The number of hydrogen-bond acceptors (Lipinski definition) is 2. The number of aromatic nitrogens is 1. The third-order valence-electron chi connectivity index (χ3n) is 2.03. The SMILES string of the molecule is C#CC(C)(C)c1cncc(OC)c1. The van der Waals surface area contributed by atoms with Crippen LogP contribution >= 0.6 is 0 Å². The van der Waals surface area contributed by atoms with Crippen molar-refractivity contribution in [2.75, 3.05) is 7.11 Å². The number of terminal acetylenes is 1. The van der Waals surface area contributed by atoms with Crippen molar-refractivity contribution in [1.82, 2.24) is 4.98 Å². The van der Waals surface area contributed by atoms with Crippen LogP contribution in [0.5, 0.6) is 5.75 Å². The molecule has 0 fully saturated rings. The van der Waals surface area contributed by atoms with E-state index in [0.717, 1.165) is 11.3 Å². The van der Waals surface area contributed by atoms with Gasteiger partial charge in [-0.25, -0.2) is 0 Å². The number of ether oxygens (including phenoxy) is 1. The van der Waals surface area contributed by atoms with E-state index in [2.05, 4.69) is 10.9 Å². The van der Waals surface area contributed by atoms with Crippen LogP contribution in [-0.4, -0.2) is 12.1 Å². The van der Waals surface area contributed by atoms with Crippen LogP contribution in [0, 0.1) is 12.3 Å². The summed E-state index contributed by atoms with van der Waals surface area (Å²) in [6, 6.07) is 1.91. The molecule has 0 aliphatic rings. The fourth-order valence-corrected chi connectivity index (χ4v) is 0.956. The van der Waals surface area contributed by atoms with E-state index in [9.17, 15) is 0 Å². The van der Waals surface area contributed by atoms with Gasteiger partial charge in [-0.15, -0.1) is 6.42 Å². The van der Waals surface area contributed by atoms with Gasteiger partial charge in [-0.3, -0.25) is 4.98 Å². The molecule has 0 aromatic carbocycles. The van der Waals surface area contributed by atoms with E-state index in [0.29, 0.717) is 0 Å². The fourth-order valence-electron chi connectivity index (χ4n) is 0.956. The maximum absolute atomic E-state index is 5.41. The van der Waals surface area contributed by atoms with Gasteiger partial charge < -0.3 is 4.74 Å². The van der Waals surface area contributed by atoms with Crippen molar-refractivity contribution in [1.29, 1.82) is 0 Å². The van der Waals surface area contributed by atoms with Gasteiger partial charge in [-0.1, -0.05) is 5.92 Å². The van der Waals surface area contributed by atoms with Crippen LogP contribution in [0.3, 0.4) is 0 Å². The molecule has 0 aliphatic carbocycles. The predicted molar refractivity (Wildman–Crippen MR) is 52.6 cm³/mol. The second-order valence-electron chi connectivity index (χ2n) is 3.38. The Labute approximate surface area is 79.0 Å². The summed E-state index contributed by atoms with van der Waals surface area (Å²) < 4.78 is 5.06. The molecule has 0 atom stereocenters. The highest BCUT2D eigenvalue weighted by Gasteiger charge is 2.17. The Balaban J connectivity index is 3.10. The monoisotopic (exact) mass is 175 g/mol. The van der Waals surface area contributed by atoms with Crippen molar-refractivity contribution in [3.8, 4) is 18.1 Å². The average molecular weight is 175 g/mol. The van der Waals surface area contributed by atoms with Crippen LogP contribution in [0.1, 0.15) is 19.4 Å². The standard InChI is InChI=1S/C11H13NO/c1-5-11(2,3)9-6-10(13-4)8-12-7-9/h1,6-8H,2-4H3. The molecule has 0 amide bonds. The van der Waals surface area contributed by atoms with Gasteiger partial charge in [0.1, 0.15) is 5.75 Å². The number of methoxy groups -OCH3 is 1. The minimum Gasteiger partial charge on any atom is -0.495 e. The summed E-state index contributed by atoms with van der Waals surface area (Å²) in [5.74, 6) is 3.45. The zero-order valence-corrected chi connectivity index (χ0v) is 8.16. The summed E-state index contributed by atoms with van der Waals surface area (Å²) in [5.41, 5.74) is 0.705. The maximum Gasteiger partial charge on any atom is 0.137 e. The van der Waals surface area contributed by atoms with Crippen molar-refractivity contribution >= 4 is 0 Å². The van der Waals surface area contributed by atoms with E-state index in [4.69, 9.17) is 11.2 Å². The third-order valence-corrected chi connectivity index (χ3v) is 2.03. The molecule has 0 unspecified atom stereocenters. The lowest BCUT2D eigenvalue weighted by molar-refractivity contribution is 0.411. The molecule has 13 heavy (non-hydrogen) atoms. The number of nitrogens with zero attached hydrogens (tertiary/aromatic N) is 1. The van der Waals surface area contributed by atoms with Crippen LogP contribution in [0.25, 0.3) is 0 Å². The molecule has 0 saturated carbocycles. The predicted octanol–water partition coefficient (Wildman–Crippen LogP) is 2.00. The van der Waals surface area contributed by atoms with Crippen molar-refractivity contribution in [2.24, 2.45) is 0 Å². The first-order valence-electron chi connectivity index (χ1n) is 4.07. The van der Waals surface area contributed by atoms with Crippen molar-refractivity contribution in [3.63, 3.8) is 0 Å². The van der Waals surface area contributed by atoms with Gasteiger partial charge >= 0.3 is 0 Å². The van der Waals surface area contributed by atoms with Gasteiger partial charge in [0.15, 0.2) is 0 Å². The molecule has 1 aromatic heterocycles. The molecular formula is C11H13NO. The topological polar surface area (TPSA) is 22.1 Å². The Hall–Kier alpha value is -1.49. The molecule has 0 N–H and O–H groups in total. The Morgan fingerprint density at radius 2 is 2.15 bits per heavy atom. The average Bonchev–Trinajstić information content (AvgIpc) is 2.18. The number of hydrogen-bond donors (Lipinski definition) is 0. The van der Waals surface area contributed by atoms with E-state index in [1.165, 1.54) is 0 Å². The summed E-state index contributed by atoms with van der Waals surface area (Å²) in [7, 11) is 1.61. The fraction of sp³-hybridized carbons (Fsp3) is 0.364. The summed E-state index contributed by atoms with van der Waals surface area (Å²) in [5, 5.41) is 0. The summed E-state index contributed by atoms with van der Waals surface area (Å²) in [6.07, 6.45) is 8.84. The molecule has 0 bridgehead atoms. The molecule has 2 heteroatoms. The normalized spacial score (nSPS) is 10.6. The lowest BCUT2D eigenvalue weighted by atomic mass is 9.87. The smallest absolute Gasteiger partial charge is 0.137 e. The molecular weight excluding hydrogens is 162 g/mol. The van der Waals surface area contributed by atoms with E-state index >= 15 is 0 Å². The first kappa shape index (κ1) is 9.60. The lowest BCUT2D eigenvalue weighted by Gasteiger charge is -2.17. The van der Waals surface area contributed by atoms with Gasteiger partial charge in [0.05, 0.1) is 18.7 Å². The van der Waals surface area contributed by atoms with Crippen LogP contribution < -0.4 is 4.74 Å². The minimum absolute atomic E-state index is 0.290. The van der Waals surface area contributed by atoms with Crippen LogP contribution in [0.2, 0.25) is 0 Å². The van der Waals surface area contributed by atoms with E-state index in [-0.39, 0.29) is 5.41 Å². The van der Waals surface area contributed by atoms with E-state index < -0.39 is 0 Å². The second kappa shape index (κ2) is 3.49. The maximum atomic E-state index is 5.41. The van der Waals surface area contributed by atoms with Gasteiger partial charge in [0, 0.05) is 6.20 Å². The van der Waals surface area contributed by atoms with Crippen LogP contribution in [0.4, 0.5) is 0 Å². The summed E-state index contributed by atoms with van der Waals surface area (Å²) in [6.45, 7) is 3.95. The Morgan fingerprint density at radius 3 is 2.69 bits per heavy atom. The number of pyridine rings is 1. The van der Waals surface area contributed by atoms with Gasteiger partial charge in [0.2, 0.25) is 0 Å². The van der Waals surface area contributed by atoms with Gasteiger partial charge in [-0.2, -0.15) is 0 Å². The van der Waals surface area contributed by atoms with Crippen LogP contribution in [0.15, 0.2) is 18.5 Å². The molecule has 0 radical (unpaired) electrons. The molecule has 1 rings (SSSR count). The van der Waals surface area contributed by atoms with E-state index in [1.807, 2.05) is 19.9 Å². The molecule has 1 heterocycles. The molecule has 0 saturated heterocycles. The molecule has 2 nitrogen and oxygen atoms in total. The molecule has 68 valence electrons. The van der Waals surface area contributed by atoms with Crippen molar-refractivity contribution < 1.29 is 4.74 Å². The van der Waals surface area contributed by atoms with Crippen molar-refractivity contribution in [3.05, 3.63) is 24.0 Å². The third kappa shape index (κ3) is 2.00. The van der Waals surface area contributed by atoms with Crippen LogP contribution in [-0.2, 0) is 5.41 Å². The Kier molecular flexibility index (Phi) is 2.57. The minimum atomic E-state index is -0.290. The quantitative estimate of drug-likeness (QED) is 0.641. The second-order valence-corrected chi connectivity index (χ2v) is 3.38. The zero-order chi connectivity index (χ0) is 9.90. The summed E-state index contributed by atoms with van der Waals surface area (Å²) in [4.78, 5) is 4.05. The van der Waals surface area contributed by atoms with Crippen molar-refractivity contribution in [2.45, 2.75) is 19.3 Å². The first-order chi connectivity index (χ1) is 6.10. The van der Waals surface area contributed by atoms with Gasteiger partial charge in [0.25, 0.3) is 0 Å². The highest BCUT2D eigenvalue weighted by atomic mass is 16.5. The zero-order valence-electron chi connectivity index (χ0n) is 8.16. The lowest BCUT2D eigenvalue weighted by Crippen LogP contribution is -2.14. The highest BCUT2D eigenvalue weighted by Crippen LogP contribution is 2.24. The Bertz CT molecular complexity index is 336. The van der Waals surface area contributed by atoms with Gasteiger partial charge in [-0.05, 0) is 25.5 Å². The number of rotatable bonds is 2. The summed E-state index contributed by atoms with van der Waals surface area (Å²) >= 11 is 0. The molecule has 1 aromatic rings.